The number of carbonyl (C=O) groups is 1. The van der Waals surface area contributed by atoms with Crippen LogP contribution < -0.4 is 5.32 Å². The van der Waals surface area contributed by atoms with Gasteiger partial charge in [0.15, 0.2) is 0 Å². The van der Waals surface area contributed by atoms with Crippen LogP contribution >= 0.6 is 0 Å². The van der Waals surface area contributed by atoms with Crippen molar-refractivity contribution in [3.8, 4) is 0 Å². The van der Waals surface area contributed by atoms with E-state index in [1.165, 1.54) is 12.8 Å². The molecule has 1 atom stereocenters. The van der Waals surface area contributed by atoms with Crippen LogP contribution in [0.1, 0.15) is 60.9 Å². The average molecular weight is 349 g/mol. The van der Waals surface area contributed by atoms with Gasteiger partial charge in [-0.05, 0) is 44.0 Å². The number of amides is 1. The molecule has 4 heteroatoms. The molecule has 4 nitrogen and oxygen atoms in total. The molecule has 0 saturated heterocycles. The van der Waals surface area contributed by atoms with Gasteiger partial charge in [0.25, 0.3) is 5.91 Å². The largest absolute Gasteiger partial charge is 0.342 e. The minimum atomic E-state index is -0.156. The number of para-hydroxylation sites is 2. The minimum absolute atomic E-state index is 0.0530. The van der Waals surface area contributed by atoms with Crippen LogP contribution in [0, 0.1) is 6.92 Å². The summed E-state index contributed by atoms with van der Waals surface area (Å²) in [6.07, 6.45) is 3.49. The molecule has 26 heavy (non-hydrogen) atoms. The van der Waals surface area contributed by atoms with Crippen LogP contribution in [0.25, 0.3) is 11.0 Å². The Labute approximate surface area is 155 Å². The highest BCUT2D eigenvalue weighted by molar-refractivity contribution is 5.95. The van der Waals surface area contributed by atoms with E-state index in [9.17, 15) is 4.79 Å². The number of aryl methyl sites for hydroxylation is 2. The van der Waals surface area contributed by atoms with Gasteiger partial charge in [-0.15, -0.1) is 0 Å². The number of benzene rings is 2. The van der Waals surface area contributed by atoms with E-state index in [1.54, 1.807) is 0 Å². The molecule has 0 spiro atoms. The van der Waals surface area contributed by atoms with Crippen molar-refractivity contribution in [3.63, 3.8) is 0 Å². The van der Waals surface area contributed by atoms with Gasteiger partial charge in [0.2, 0.25) is 0 Å². The van der Waals surface area contributed by atoms with Gasteiger partial charge in [-0.25, -0.2) is 4.98 Å². The molecule has 3 rings (SSSR count). The summed E-state index contributed by atoms with van der Waals surface area (Å²) in [5, 5.41) is 3.12. The Morgan fingerprint density at radius 1 is 1.12 bits per heavy atom. The Hall–Kier alpha value is -2.62. The number of fused-ring (bicyclic) bond motifs is 1. The molecule has 136 valence electrons. The zero-order chi connectivity index (χ0) is 18.5. The normalized spacial score (nSPS) is 12.3. The molecule has 0 aliphatic heterocycles. The molecule has 1 N–H and O–H groups in total. The maximum Gasteiger partial charge on any atom is 0.252 e. The Morgan fingerprint density at radius 3 is 2.62 bits per heavy atom. The van der Waals surface area contributed by atoms with Crippen LogP contribution in [0.2, 0.25) is 0 Å². The first-order valence-corrected chi connectivity index (χ1v) is 9.43. The average Bonchev–Trinajstić information content (AvgIpc) is 3.01. The van der Waals surface area contributed by atoms with Crippen LogP contribution in [0.5, 0.6) is 0 Å². The molecule has 0 radical (unpaired) electrons. The predicted octanol–water partition coefficient (Wildman–Crippen LogP) is 5.03. The first kappa shape index (κ1) is 18.2. The number of hydrogen-bond donors (Lipinski definition) is 1. The third-order valence-electron chi connectivity index (χ3n) is 4.79. The van der Waals surface area contributed by atoms with Crippen molar-refractivity contribution in [2.45, 2.75) is 52.6 Å². The number of aromatic nitrogens is 2. The van der Waals surface area contributed by atoms with Gasteiger partial charge < -0.3 is 9.88 Å². The van der Waals surface area contributed by atoms with Gasteiger partial charge in [-0.1, -0.05) is 50.1 Å². The van der Waals surface area contributed by atoms with Crippen molar-refractivity contribution in [2.75, 3.05) is 0 Å². The van der Waals surface area contributed by atoms with E-state index >= 15 is 0 Å². The van der Waals surface area contributed by atoms with E-state index in [-0.39, 0.29) is 11.9 Å². The molecule has 1 amide bonds. The molecule has 3 aromatic rings. The summed E-state index contributed by atoms with van der Waals surface area (Å²) in [6, 6.07) is 15.7. The maximum absolute atomic E-state index is 12.7. The van der Waals surface area contributed by atoms with Crippen molar-refractivity contribution in [2.24, 2.45) is 0 Å². The summed E-state index contributed by atoms with van der Waals surface area (Å²) < 4.78 is 2.26. The van der Waals surface area contributed by atoms with E-state index in [4.69, 9.17) is 4.98 Å². The lowest BCUT2D eigenvalue weighted by molar-refractivity contribution is 0.0937. The summed E-state index contributed by atoms with van der Waals surface area (Å²) in [6.45, 7) is 7.10. The molecule has 0 aliphatic rings. The molecule has 1 heterocycles. The van der Waals surface area contributed by atoms with Crippen molar-refractivity contribution in [1.29, 1.82) is 0 Å². The molecule has 1 aromatic heterocycles. The Balaban J connectivity index is 1.87. The zero-order valence-electron chi connectivity index (χ0n) is 15.8. The van der Waals surface area contributed by atoms with Gasteiger partial charge in [-0.3, -0.25) is 4.79 Å². The van der Waals surface area contributed by atoms with Crippen molar-refractivity contribution < 1.29 is 4.79 Å². The first-order valence-electron chi connectivity index (χ1n) is 9.43. The number of nitrogens with zero attached hydrogens (tertiary/aromatic N) is 2. The van der Waals surface area contributed by atoms with Crippen LogP contribution in [-0.2, 0) is 6.54 Å². The lowest BCUT2D eigenvalue weighted by atomic mass is 10.1. The van der Waals surface area contributed by atoms with Gasteiger partial charge in [0, 0.05) is 12.1 Å². The SMILES string of the molecule is CCCCCn1c([C@@H](C)NC(=O)c2ccccc2C)nc2ccccc21. The van der Waals surface area contributed by atoms with Gasteiger partial charge in [0.05, 0.1) is 17.1 Å². The smallest absolute Gasteiger partial charge is 0.252 e. The highest BCUT2D eigenvalue weighted by Crippen LogP contribution is 2.22. The summed E-state index contributed by atoms with van der Waals surface area (Å²) in [5.74, 6) is 0.868. The number of hydrogen-bond acceptors (Lipinski definition) is 2. The van der Waals surface area contributed by atoms with Crippen LogP contribution in [0.3, 0.4) is 0 Å². The molecule has 0 unspecified atom stereocenters. The molecule has 0 bridgehead atoms. The quantitative estimate of drug-likeness (QED) is 0.608. The van der Waals surface area contributed by atoms with E-state index in [0.29, 0.717) is 5.56 Å². The fourth-order valence-corrected chi connectivity index (χ4v) is 3.35. The second-order valence-electron chi connectivity index (χ2n) is 6.83. The number of unbranched alkanes of at least 4 members (excludes halogenated alkanes) is 2. The summed E-state index contributed by atoms with van der Waals surface area (Å²) in [4.78, 5) is 17.5. The van der Waals surface area contributed by atoms with Gasteiger partial charge in [-0.2, -0.15) is 0 Å². The molecule has 2 aromatic carbocycles. The highest BCUT2D eigenvalue weighted by atomic mass is 16.1. The summed E-state index contributed by atoms with van der Waals surface area (Å²) >= 11 is 0. The fourth-order valence-electron chi connectivity index (χ4n) is 3.35. The van der Waals surface area contributed by atoms with Crippen molar-refractivity contribution in [3.05, 3.63) is 65.5 Å². The van der Waals surface area contributed by atoms with E-state index in [2.05, 4.69) is 22.9 Å². The van der Waals surface area contributed by atoms with Crippen LogP contribution in [0.4, 0.5) is 0 Å². The number of imidazole rings is 1. The monoisotopic (exact) mass is 349 g/mol. The highest BCUT2D eigenvalue weighted by Gasteiger charge is 2.19. The molecule has 0 saturated carbocycles. The van der Waals surface area contributed by atoms with Gasteiger partial charge >= 0.3 is 0 Å². The Kier molecular flexibility index (Phi) is 5.71. The Bertz CT molecular complexity index is 897. The second kappa shape index (κ2) is 8.17. The predicted molar refractivity (Wildman–Crippen MR) is 106 cm³/mol. The molecular formula is C22H27N3O. The third-order valence-corrected chi connectivity index (χ3v) is 4.79. The molecular weight excluding hydrogens is 322 g/mol. The van der Waals surface area contributed by atoms with E-state index in [1.807, 2.05) is 56.3 Å². The molecule has 0 fully saturated rings. The first-order chi connectivity index (χ1) is 12.6. The van der Waals surface area contributed by atoms with Crippen molar-refractivity contribution >= 4 is 16.9 Å². The number of rotatable bonds is 7. The van der Waals surface area contributed by atoms with Gasteiger partial charge in [0.1, 0.15) is 5.82 Å². The number of nitrogens with one attached hydrogen (secondary N) is 1. The maximum atomic E-state index is 12.7. The van der Waals surface area contributed by atoms with E-state index < -0.39 is 0 Å². The summed E-state index contributed by atoms with van der Waals surface area (Å²) in [7, 11) is 0. The minimum Gasteiger partial charge on any atom is -0.342 e. The molecule has 0 aliphatic carbocycles. The lowest BCUT2D eigenvalue weighted by Gasteiger charge is -2.17. The Morgan fingerprint density at radius 2 is 1.85 bits per heavy atom. The lowest BCUT2D eigenvalue weighted by Crippen LogP contribution is -2.29. The summed E-state index contributed by atoms with van der Waals surface area (Å²) in [5.41, 5.74) is 3.81. The second-order valence-corrected chi connectivity index (χ2v) is 6.83. The van der Waals surface area contributed by atoms with E-state index in [0.717, 1.165) is 35.4 Å². The van der Waals surface area contributed by atoms with Crippen molar-refractivity contribution in [1.82, 2.24) is 14.9 Å². The third kappa shape index (κ3) is 3.79. The van der Waals surface area contributed by atoms with Crippen LogP contribution in [0.15, 0.2) is 48.5 Å². The number of carbonyl (C=O) groups excluding carboxylic acids is 1. The van der Waals surface area contributed by atoms with Crippen LogP contribution in [-0.4, -0.2) is 15.5 Å². The zero-order valence-corrected chi connectivity index (χ0v) is 15.8. The fraction of sp³-hybridized carbons (Fsp3) is 0.364. The standard InChI is InChI=1S/C22H27N3O/c1-4-5-10-15-25-20-14-9-8-13-19(20)24-21(25)17(3)23-22(26)18-12-7-6-11-16(18)2/h6-9,11-14,17H,4-5,10,15H2,1-3H3,(H,23,26)/t17-/m1/s1. The topological polar surface area (TPSA) is 46.9 Å².